The summed E-state index contributed by atoms with van der Waals surface area (Å²) in [6.45, 7) is 1.76. The topological polar surface area (TPSA) is 104 Å². The molecule has 0 saturated carbocycles. The van der Waals surface area contributed by atoms with Gasteiger partial charge in [-0.05, 0) is 6.92 Å². The summed E-state index contributed by atoms with van der Waals surface area (Å²) < 4.78 is 27.0. The Hall–Kier alpha value is -0.960. The lowest BCUT2D eigenvalue weighted by molar-refractivity contribution is 0.0988. The van der Waals surface area contributed by atoms with Gasteiger partial charge in [-0.1, -0.05) is 0 Å². The van der Waals surface area contributed by atoms with Crippen molar-refractivity contribution in [2.75, 3.05) is 13.2 Å². The van der Waals surface area contributed by atoms with Gasteiger partial charge < -0.3 is 14.8 Å². The summed E-state index contributed by atoms with van der Waals surface area (Å²) in [6, 6.07) is 0. The van der Waals surface area contributed by atoms with Crippen molar-refractivity contribution in [1.29, 1.82) is 0 Å². The van der Waals surface area contributed by atoms with E-state index in [0.29, 0.717) is 6.54 Å². The second-order valence-electron chi connectivity index (χ2n) is 3.23. The molecule has 16 heavy (non-hydrogen) atoms. The molecular formula is C8H15N3O4S. The third kappa shape index (κ3) is 3.27. The van der Waals surface area contributed by atoms with Crippen molar-refractivity contribution in [3.05, 3.63) is 12.5 Å². The standard InChI is InChI=1S/C8H15N3O4S/c1-2-11-4-8(9-6-11)16(14,15)10-3-7(13)5-12/h4,6-7,10,12-13H,2-3,5H2,1H3. The predicted molar refractivity (Wildman–Crippen MR) is 56.2 cm³/mol. The van der Waals surface area contributed by atoms with E-state index in [1.807, 2.05) is 6.92 Å². The number of aromatic nitrogens is 2. The molecule has 1 aromatic rings. The maximum absolute atomic E-state index is 11.6. The Morgan fingerprint density at radius 3 is 2.81 bits per heavy atom. The minimum absolute atomic E-state index is 0.0977. The van der Waals surface area contributed by atoms with Gasteiger partial charge in [0.2, 0.25) is 0 Å². The van der Waals surface area contributed by atoms with Gasteiger partial charge >= 0.3 is 0 Å². The molecule has 0 radical (unpaired) electrons. The molecule has 3 N–H and O–H groups in total. The third-order valence-corrected chi connectivity index (χ3v) is 3.28. The summed E-state index contributed by atoms with van der Waals surface area (Å²) in [6.07, 6.45) is 1.70. The zero-order valence-corrected chi connectivity index (χ0v) is 9.68. The van der Waals surface area contributed by atoms with Gasteiger partial charge in [0.15, 0.2) is 5.03 Å². The number of hydrogen-bond donors (Lipinski definition) is 3. The van der Waals surface area contributed by atoms with E-state index in [-0.39, 0.29) is 11.6 Å². The van der Waals surface area contributed by atoms with Gasteiger partial charge in [0.25, 0.3) is 10.0 Å². The Kier molecular flexibility index (Phi) is 4.42. The van der Waals surface area contributed by atoms with Crippen LogP contribution in [0.4, 0.5) is 0 Å². The normalized spacial score (nSPS) is 13.9. The summed E-state index contributed by atoms with van der Waals surface area (Å²) in [7, 11) is -3.71. The van der Waals surface area contributed by atoms with Crippen LogP contribution in [-0.4, -0.2) is 47.4 Å². The van der Waals surface area contributed by atoms with Crippen LogP contribution in [0.3, 0.4) is 0 Å². The Balaban J connectivity index is 2.70. The number of aryl methyl sites for hydroxylation is 1. The zero-order valence-electron chi connectivity index (χ0n) is 8.87. The van der Waals surface area contributed by atoms with Crippen LogP contribution in [0.25, 0.3) is 0 Å². The molecule has 0 fully saturated rings. The smallest absolute Gasteiger partial charge is 0.259 e. The SMILES string of the molecule is CCn1cnc(S(=O)(=O)NCC(O)CO)c1. The van der Waals surface area contributed by atoms with E-state index < -0.39 is 22.7 Å². The molecule has 0 saturated heterocycles. The average Bonchev–Trinajstić information content (AvgIpc) is 2.75. The van der Waals surface area contributed by atoms with Gasteiger partial charge in [-0.3, -0.25) is 0 Å². The molecule has 8 heteroatoms. The van der Waals surface area contributed by atoms with Crippen molar-refractivity contribution in [3.8, 4) is 0 Å². The first-order chi connectivity index (χ1) is 7.49. The highest BCUT2D eigenvalue weighted by molar-refractivity contribution is 7.89. The lowest BCUT2D eigenvalue weighted by Gasteiger charge is -2.07. The van der Waals surface area contributed by atoms with Crippen molar-refractivity contribution in [3.63, 3.8) is 0 Å². The molecule has 7 nitrogen and oxygen atoms in total. The lowest BCUT2D eigenvalue weighted by Crippen LogP contribution is -2.34. The van der Waals surface area contributed by atoms with Crippen LogP contribution in [0.5, 0.6) is 0 Å². The molecular weight excluding hydrogens is 234 g/mol. The van der Waals surface area contributed by atoms with Crippen LogP contribution in [0.2, 0.25) is 0 Å². The number of aliphatic hydroxyl groups excluding tert-OH is 2. The van der Waals surface area contributed by atoms with E-state index in [9.17, 15) is 8.42 Å². The summed E-state index contributed by atoms with van der Waals surface area (Å²) in [5.41, 5.74) is 0. The molecule has 1 atom stereocenters. The molecule has 0 aliphatic rings. The monoisotopic (exact) mass is 249 g/mol. The van der Waals surface area contributed by atoms with E-state index in [1.165, 1.54) is 12.5 Å². The van der Waals surface area contributed by atoms with Crippen LogP contribution >= 0.6 is 0 Å². The van der Waals surface area contributed by atoms with Crippen LogP contribution in [0.15, 0.2) is 17.6 Å². The van der Waals surface area contributed by atoms with E-state index in [4.69, 9.17) is 10.2 Å². The average molecular weight is 249 g/mol. The van der Waals surface area contributed by atoms with E-state index in [0.717, 1.165) is 0 Å². The fourth-order valence-corrected chi connectivity index (χ4v) is 2.02. The van der Waals surface area contributed by atoms with Gasteiger partial charge in [-0.25, -0.2) is 18.1 Å². The molecule has 0 aromatic carbocycles. The second-order valence-corrected chi connectivity index (χ2v) is 4.94. The lowest BCUT2D eigenvalue weighted by atomic mass is 10.4. The molecule has 0 spiro atoms. The minimum Gasteiger partial charge on any atom is -0.394 e. The van der Waals surface area contributed by atoms with E-state index in [1.54, 1.807) is 4.57 Å². The Morgan fingerprint density at radius 2 is 2.31 bits per heavy atom. The number of nitrogens with one attached hydrogen (secondary N) is 1. The van der Waals surface area contributed by atoms with Crippen LogP contribution < -0.4 is 4.72 Å². The minimum atomic E-state index is -3.71. The van der Waals surface area contributed by atoms with E-state index in [2.05, 4.69) is 9.71 Å². The third-order valence-electron chi connectivity index (χ3n) is 1.97. The fraction of sp³-hybridized carbons (Fsp3) is 0.625. The maximum Gasteiger partial charge on any atom is 0.259 e. The molecule has 1 heterocycles. The molecule has 92 valence electrons. The van der Waals surface area contributed by atoms with Crippen molar-refractivity contribution >= 4 is 10.0 Å². The first-order valence-corrected chi connectivity index (χ1v) is 6.28. The molecule has 0 bridgehead atoms. The highest BCUT2D eigenvalue weighted by atomic mass is 32.2. The molecule has 1 unspecified atom stereocenters. The van der Waals surface area contributed by atoms with Gasteiger partial charge in [0.1, 0.15) is 0 Å². The Morgan fingerprint density at radius 1 is 1.62 bits per heavy atom. The molecule has 0 aliphatic carbocycles. The van der Waals surface area contributed by atoms with Crippen molar-refractivity contribution in [2.24, 2.45) is 0 Å². The number of aliphatic hydroxyl groups is 2. The zero-order chi connectivity index (χ0) is 12.2. The molecule has 1 rings (SSSR count). The Labute approximate surface area is 93.8 Å². The predicted octanol–water partition coefficient (Wildman–Crippen LogP) is -1.47. The van der Waals surface area contributed by atoms with Gasteiger partial charge in [0, 0.05) is 19.3 Å². The van der Waals surface area contributed by atoms with E-state index >= 15 is 0 Å². The number of imidazole rings is 1. The summed E-state index contributed by atoms with van der Waals surface area (Å²) in [4.78, 5) is 3.73. The number of rotatable bonds is 6. The highest BCUT2D eigenvalue weighted by Crippen LogP contribution is 2.04. The summed E-state index contributed by atoms with van der Waals surface area (Å²) >= 11 is 0. The van der Waals surface area contributed by atoms with Crippen molar-refractivity contribution in [1.82, 2.24) is 14.3 Å². The summed E-state index contributed by atoms with van der Waals surface area (Å²) in [5, 5.41) is 17.5. The maximum atomic E-state index is 11.6. The van der Waals surface area contributed by atoms with Gasteiger partial charge in [-0.2, -0.15) is 0 Å². The largest absolute Gasteiger partial charge is 0.394 e. The van der Waals surface area contributed by atoms with Crippen molar-refractivity contribution in [2.45, 2.75) is 24.6 Å². The number of hydrogen-bond acceptors (Lipinski definition) is 5. The molecule has 0 aliphatic heterocycles. The first-order valence-electron chi connectivity index (χ1n) is 4.80. The number of nitrogens with zero attached hydrogens (tertiary/aromatic N) is 2. The Bertz CT molecular complexity index is 428. The summed E-state index contributed by atoms with van der Waals surface area (Å²) in [5.74, 6) is 0. The highest BCUT2D eigenvalue weighted by Gasteiger charge is 2.18. The molecule has 0 amide bonds. The van der Waals surface area contributed by atoms with Gasteiger partial charge in [0.05, 0.1) is 19.0 Å². The number of sulfonamides is 1. The quantitative estimate of drug-likeness (QED) is 0.571. The van der Waals surface area contributed by atoms with Crippen LogP contribution in [0.1, 0.15) is 6.92 Å². The fourth-order valence-electron chi connectivity index (χ4n) is 0.996. The second kappa shape index (κ2) is 5.39. The van der Waals surface area contributed by atoms with Gasteiger partial charge in [-0.15, -0.1) is 0 Å². The van der Waals surface area contributed by atoms with Crippen molar-refractivity contribution < 1.29 is 18.6 Å². The molecule has 1 aromatic heterocycles. The van der Waals surface area contributed by atoms with Crippen LogP contribution in [0, 0.1) is 0 Å². The first kappa shape index (κ1) is 13.1. The van der Waals surface area contributed by atoms with Crippen LogP contribution in [-0.2, 0) is 16.6 Å².